The highest BCUT2D eigenvalue weighted by Crippen LogP contribution is 2.37. The Morgan fingerprint density at radius 1 is 1.15 bits per heavy atom. The molecule has 0 aliphatic heterocycles. The van der Waals surface area contributed by atoms with E-state index in [-0.39, 0.29) is 5.91 Å². The summed E-state index contributed by atoms with van der Waals surface area (Å²) >= 11 is 5.10. The van der Waals surface area contributed by atoms with Crippen LogP contribution in [0.5, 0.6) is 11.5 Å². The molecule has 0 saturated carbocycles. The number of hydrogen-bond donors (Lipinski definition) is 1. The normalized spacial score (nSPS) is 10.4. The predicted octanol–water partition coefficient (Wildman–Crippen LogP) is 5.03. The first-order valence-corrected chi connectivity index (χ1v) is 9.69. The van der Waals surface area contributed by atoms with Crippen LogP contribution in [0.25, 0.3) is 0 Å². The Hall–Kier alpha value is -2.31. The van der Waals surface area contributed by atoms with Crippen LogP contribution in [0.15, 0.2) is 64.5 Å². The minimum Gasteiger partial charge on any atom is -0.493 e. The zero-order valence-electron chi connectivity index (χ0n) is 14.2. The molecule has 0 bridgehead atoms. The van der Waals surface area contributed by atoms with Crippen molar-refractivity contribution in [1.82, 2.24) is 5.32 Å². The van der Waals surface area contributed by atoms with Crippen molar-refractivity contribution in [3.63, 3.8) is 0 Å². The molecule has 3 aromatic rings. The maximum absolute atomic E-state index is 12.4. The molecule has 26 heavy (non-hydrogen) atoms. The number of nitrogens with one attached hydrogen (secondary N) is 1. The highest BCUT2D eigenvalue weighted by Gasteiger charge is 2.16. The van der Waals surface area contributed by atoms with Gasteiger partial charge in [-0.2, -0.15) is 0 Å². The molecular weight excluding hydrogens is 414 g/mol. The van der Waals surface area contributed by atoms with Gasteiger partial charge < -0.3 is 14.8 Å². The van der Waals surface area contributed by atoms with Gasteiger partial charge in [0.25, 0.3) is 5.91 Å². The molecule has 0 aliphatic rings. The van der Waals surface area contributed by atoms with Gasteiger partial charge in [-0.15, -0.1) is 11.3 Å². The van der Waals surface area contributed by atoms with E-state index in [0.717, 1.165) is 10.4 Å². The van der Waals surface area contributed by atoms with Gasteiger partial charge in [-0.05, 0) is 45.1 Å². The fraction of sp³-hybridized carbons (Fsp3) is 0.150. The third kappa shape index (κ3) is 4.65. The molecule has 134 valence electrons. The van der Waals surface area contributed by atoms with Crippen molar-refractivity contribution in [3.05, 3.63) is 80.5 Å². The summed E-state index contributed by atoms with van der Waals surface area (Å²) in [7, 11) is 1.56. The first-order chi connectivity index (χ1) is 12.7. The Balaban J connectivity index is 1.72. The van der Waals surface area contributed by atoms with Crippen molar-refractivity contribution in [2.24, 2.45) is 0 Å². The Labute approximate surface area is 164 Å². The Kier molecular flexibility index (Phi) is 6.30. The van der Waals surface area contributed by atoms with Crippen LogP contribution in [-0.2, 0) is 13.2 Å². The van der Waals surface area contributed by atoms with E-state index in [2.05, 4.69) is 21.2 Å². The van der Waals surface area contributed by atoms with Crippen LogP contribution in [0.1, 0.15) is 20.8 Å². The molecule has 2 aromatic carbocycles. The maximum Gasteiger partial charge on any atom is 0.251 e. The van der Waals surface area contributed by atoms with Gasteiger partial charge in [0, 0.05) is 10.4 Å². The van der Waals surface area contributed by atoms with Gasteiger partial charge in [-0.1, -0.05) is 36.4 Å². The van der Waals surface area contributed by atoms with Crippen LogP contribution in [0, 0.1) is 0 Å². The number of ether oxygens (including phenoxy) is 2. The lowest BCUT2D eigenvalue weighted by Gasteiger charge is -2.14. The second kappa shape index (κ2) is 8.87. The van der Waals surface area contributed by atoms with Crippen LogP contribution in [0.2, 0.25) is 0 Å². The summed E-state index contributed by atoms with van der Waals surface area (Å²) in [4.78, 5) is 13.5. The molecular formula is C20H18BrNO3S. The molecule has 0 saturated heterocycles. The lowest BCUT2D eigenvalue weighted by molar-refractivity contribution is 0.0950. The molecule has 0 unspecified atom stereocenters. The zero-order chi connectivity index (χ0) is 18.4. The van der Waals surface area contributed by atoms with E-state index >= 15 is 0 Å². The second-order valence-electron chi connectivity index (χ2n) is 5.53. The monoisotopic (exact) mass is 431 g/mol. The van der Waals surface area contributed by atoms with Crippen LogP contribution >= 0.6 is 27.3 Å². The van der Waals surface area contributed by atoms with Crippen LogP contribution in [0.4, 0.5) is 0 Å². The third-order valence-corrected chi connectivity index (χ3v) is 5.19. The topological polar surface area (TPSA) is 47.6 Å². The smallest absolute Gasteiger partial charge is 0.251 e. The number of rotatable bonds is 7. The SMILES string of the molecule is COc1cc(C(=O)NCc2cccs2)cc(Br)c1OCc1ccccc1. The van der Waals surface area contributed by atoms with Gasteiger partial charge in [0.15, 0.2) is 11.5 Å². The van der Waals surface area contributed by atoms with E-state index < -0.39 is 0 Å². The molecule has 0 atom stereocenters. The van der Waals surface area contributed by atoms with Crippen molar-refractivity contribution in [2.75, 3.05) is 7.11 Å². The summed E-state index contributed by atoms with van der Waals surface area (Å²) in [6.45, 7) is 0.919. The highest BCUT2D eigenvalue weighted by atomic mass is 79.9. The van der Waals surface area contributed by atoms with Crippen LogP contribution in [-0.4, -0.2) is 13.0 Å². The Bertz CT molecular complexity index is 866. The molecule has 0 radical (unpaired) electrons. The van der Waals surface area contributed by atoms with E-state index in [9.17, 15) is 4.79 Å². The van der Waals surface area contributed by atoms with Crippen molar-refractivity contribution < 1.29 is 14.3 Å². The van der Waals surface area contributed by atoms with Crippen molar-refractivity contribution >= 4 is 33.2 Å². The average Bonchev–Trinajstić information content (AvgIpc) is 3.19. The largest absolute Gasteiger partial charge is 0.493 e. The minimum atomic E-state index is -0.160. The summed E-state index contributed by atoms with van der Waals surface area (Å²) in [6.07, 6.45) is 0. The van der Waals surface area contributed by atoms with Gasteiger partial charge in [0.1, 0.15) is 6.61 Å². The molecule has 1 N–H and O–H groups in total. The van der Waals surface area contributed by atoms with E-state index in [1.807, 2.05) is 47.8 Å². The zero-order valence-corrected chi connectivity index (χ0v) is 16.6. The number of amides is 1. The first-order valence-electron chi connectivity index (χ1n) is 8.02. The summed E-state index contributed by atoms with van der Waals surface area (Å²) in [5, 5.41) is 4.90. The second-order valence-corrected chi connectivity index (χ2v) is 7.41. The summed E-state index contributed by atoms with van der Waals surface area (Å²) in [5.74, 6) is 0.926. The van der Waals surface area contributed by atoms with Crippen molar-refractivity contribution in [2.45, 2.75) is 13.2 Å². The fourth-order valence-electron chi connectivity index (χ4n) is 2.40. The number of benzene rings is 2. The molecule has 4 nitrogen and oxygen atoms in total. The number of methoxy groups -OCH3 is 1. The quantitative estimate of drug-likeness (QED) is 0.570. The van der Waals surface area contributed by atoms with Gasteiger partial charge in [-0.25, -0.2) is 0 Å². The molecule has 0 spiro atoms. The van der Waals surface area contributed by atoms with E-state index in [4.69, 9.17) is 9.47 Å². The van der Waals surface area contributed by atoms with Gasteiger partial charge in [0.2, 0.25) is 0 Å². The molecule has 3 rings (SSSR count). The average molecular weight is 432 g/mol. The molecule has 0 aliphatic carbocycles. The molecule has 1 heterocycles. The van der Waals surface area contributed by atoms with Gasteiger partial charge in [0.05, 0.1) is 18.1 Å². The number of halogens is 1. The fourth-order valence-corrected chi connectivity index (χ4v) is 3.60. The molecule has 1 aromatic heterocycles. The standard InChI is InChI=1S/C20H18BrNO3S/c1-24-18-11-15(20(23)22-12-16-8-5-9-26-16)10-17(21)19(18)25-13-14-6-3-2-4-7-14/h2-11H,12-13H2,1H3,(H,22,23). The van der Waals surface area contributed by atoms with E-state index in [1.54, 1.807) is 30.6 Å². The number of carbonyl (C=O) groups is 1. The highest BCUT2D eigenvalue weighted by molar-refractivity contribution is 9.10. The summed E-state index contributed by atoms with van der Waals surface area (Å²) in [5.41, 5.74) is 1.57. The molecule has 0 fully saturated rings. The van der Waals surface area contributed by atoms with Crippen LogP contribution < -0.4 is 14.8 Å². The van der Waals surface area contributed by atoms with Crippen LogP contribution in [0.3, 0.4) is 0 Å². The van der Waals surface area contributed by atoms with Gasteiger partial charge >= 0.3 is 0 Å². The van der Waals surface area contributed by atoms with E-state index in [1.165, 1.54) is 0 Å². The predicted molar refractivity (Wildman–Crippen MR) is 107 cm³/mol. The Morgan fingerprint density at radius 2 is 1.96 bits per heavy atom. The number of hydrogen-bond acceptors (Lipinski definition) is 4. The molecule has 1 amide bonds. The lowest BCUT2D eigenvalue weighted by atomic mass is 10.2. The minimum absolute atomic E-state index is 0.160. The van der Waals surface area contributed by atoms with Crippen molar-refractivity contribution in [3.8, 4) is 11.5 Å². The van der Waals surface area contributed by atoms with Gasteiger partial charge in [-0.3, -0.25) is 4.79 Å². The maximum atomic E-state index is 12.4. The number of carbonyl (C=O) groups excluding carboxylic acids is 1. The first kappa shape index (κ1) is 18.5. The summed E-state index contributed by atoms with van der Waals surface area (Å²) < 4.78 is 12.0. The summed E-state index contributed by atoms with van der Waals surface area (Å²) in [6, 6.07) is 17.3. The lowest BCUT2D eigenvalue weighted by Crippen LogP contribution is -2.22. The molecule has 6 heteroatoms. The van der Waals surface area contributed by atoms with Crippen molar-refractivity contribution in [1.29, 1.82) is 0 Å². The number of thiophene rings is 1. The van der Waals surface area contributed by atoms with E-state index in [0.29, 0.717) is 34.7 Å². The Morgan fingerprint density at radius 3 is 2.65 bits per heavy atom. The third-order valence-electron chi connectivity index (χ3n) is 3.72.